The van der Waals surface area contributed by atoms with Crippen LogP contribution in [0.3, 0.4) is 0 Å². The normalized spacial score (nSPS) is 10.5. The molecule has 0 saturated heterocycles. The van der Waals surface area contributed by atoms with Crippen molar-refractivity contribution >= 4 is 44.9 Å². The van der Waals surface area contributed by atoms with Crippen LogP contribution in [0.15, 0.2) is 32.0 Å². The summed E-state index contributed by atoms with van der Waals surface area (Å²) in [5, 5.41) is 12.1. The van der Waals surface area contributed by atoms with E-state index < -0.39 is 11.2 Å². The van der Waals surface area contributed by atoms with Gasteiger partial charge >= 0.3 is 5.69 Å². The zero-order valence-electron chi connectivity index (χ0n) is 14.7. The lowest BCUT2D eigenvalue weighted by molar-refractivity contribution is -0.113. The van der Waals surface area contributed by atoms with Gasteiger partial charge in [-0.3, -0.25) is 14.6 Å². The van der Waals surface area contributed by atoms with E-state index in [4.69, 9.17) is 9.47 Å². The van der Waals surface area contributed by atoms with E-state index in [9.17, 15) is 19.6 Å². The van der Waals surface area contributed by atoms with Gasteiger partial charge in [-0.15, -0.1) is 23.1 Å². The summed E-state index contributed by atoms with van der Waals surface area (Å²) in [5.74, 6) is 0.726. The van der Waals surface area contributed by atoms with E-state index in [1.165, 1.54) is 14.2 Å². The molecule has 3 N–H and O–H groups in total. The van der Waals surface area contributed by atoms with Crippen LogP contribution in [0.4, 0.5) is 5.69 Å². The van der Waals surface area contributed by atoms with Gasteiger partial charge in [0.05, 0.1) is 29.7 Å². The molecule has 144 valence electrons. The zero-order valence-corrected chi connectivity index (χ0v) is 16.4. The van der Waals surface area contributed by atoms with E-state index in [1.54, 1.807) is 18.2 Å². The van der Waals surface area contributed by atoms with Crippen LogP contribution >= 0.6 is 23.1 Å². The molecule has 0 aliphatic carbocycles. The number of thiophene rings is 1. The number of fused-ring (bicyclic) bond motifs is 1. The number of hydrogen-bond acceptors (Lipinski definition) is 8. The van der Waals surface area contributed by atoms with Crippen LogP contribution < -0.4 is 26.0 Å². The third-order valence-corrected chi connectivity index (χ3v) is 6.12. The number of carbonyl (C=O) groups is 1. The van der Waals surface area contributed by atoms with Gasteiger partial charge < -0.3 is 19.8 Å². The number of ether oxygens (including phenoxy) is 2. The summed E-state index contributed by atoms with van der Waals surface area (Å²) in [6.07, 6.45) is 0. The number of nitriles is 1. The second-order valence-electron chi connectivity index (χ2n) is 5.40. The summed E-state index contributed by atoms with van der Waals surface area (Å²) in [5.41, 5.74) is -0.367. The van der Waals surface area contributed by atoms with Crippen molar-refractivity contribution in [3.63, 3.8) is 0 Å². The van der Waals surface area contributed by atoms with E-state index in [0.29, 0.717) is 21.4 Å². The van der Waals surface area contributed by atoms with Crippen molar-refractivity contribution in [2.75, 3.05) is 25.3 Å². The number of aromatic nitrogens is 2. The maximum atomic E-state index is 12.3. The molecular weight excluding hydrogens is 404 g/mol. The zero-order chi connectivity index (χ0) is 20.3. The fourth-order valence-electron chi connectivity index (χ4n) is 2.44. The Labute approximate surface area is 166 Å². The van der Waals surface area contributed by atoms with Crippen molar-refractivity contribution in [1.29, 1.82) is 5.26 Å². The summed E-state index contributed by atoms with van der Waals surface area (Å²) in [6, 6.07) is 6.96. The smallest absolute Gasteiger partial charge is 0.326 e. The molecule has 28 heavy (non-hydrogen) atoms. The predicted octanol–water partition coefficient (Wildman–Crippen LogP) is 1.90. The number of nitrogens with one attached hydrogen (secondary N) is 3. The standard InChI is InChI=1S/C17H14N4O5S2/c1-25-10-4-3-8(5-11(10)26-2)19-12(22)7-27-16-9(6-18)13-14(28-16)15(23)21-17(24)20-13/h3-5H,7H2,1-2H3,(H,19,22)(H2,20,21,23,24). The minimum Gasteiger partial charge on any atom is -0.493 e. The van der Waals surface area contributed by atoms with E-state index in [1.807, 2.05) is 6.07 Å². The number of thioether (sulfide) groups is 1. The second kappa shape index (κ2) is 8.20. The van der Waals surface area contributed by atoms with Crippen LogP contribution in [-0.2, 0) is 4.79 Å². The number of amides is 1. The Morgan fingerprint density at radius 2 is 2.00 bits per heavy atom. The van der Waals surface area contributed by atoms with Crippen molar-refractivity contribution in [2.45, 2.75) is 4.21 Å². The van der Waals surface area contributed by atoms with Gasteiger partial charge in [0.2, 0.25) is 5.91 Å². The monoisotopic (exact) mass is 418 g/mol. The van der Waals surface area contributed by atoms with Crippen molar-refractivity contribution < 1.29 is 14.3 Å². The molecule has 0 bridgehead atoms. The third kappa shape index (κ3) is 3.88. The minimum absolute atomic E-state index is 0.0119. The quantitative estimate of drug-likeness (QED) is 0.520. The molecule has 11 heteroatoms. The first-order chi connectivity index (χ1) is 13.5. The van der Waals surface area contributed by atoms with Crippen LogP contribution in [0.5, 0.6) is 11.5 Å². The van der Waals surface area contributed by atoms with Gasteiger partial charge in [-0.2, -0.15) is 5.26 Å². The van der Waals surface area contributed by atoms with E-state index >= 15 is 0 Å². The number of aromatic amines is 2. The highest BCUT2D eigenvalue weighted by molar-refractivity contribution is 8.02. The maximum absolute atomic E-state index is 12.3. The van der Waals surface area contributed by atoms with Crippen molar-refractivity contribution in [1.82, 2.24) is 9.97 Å². The molecule has 3 rings (SSSR count). The second-order valence-corrected chi connectivity index (χ2v) is 7.66. The highest BCUT2D eigenvalue weighted by Gasteiger charge is 2.17. The number of carbonyl (C=O) groups excluding carboxylic acids is 1. The lowest BCUT2D eigenvalue weighted by Gasteiger charge is -2.10. The first-order valence-corrected chi connectivity index (χ1v) is 9.61. The topological polar surface area (TPSA) is 137 Å². The van der Waals surface area contributed by atoms with E-state index in [-0.39, 0.29) is 27.4 Å². The SMILES string of the molecule is COc1ccc(NC(=O)CSc2sc3c(=O)[nH]c(=O)[nH]c3c2C#N)cc1OC. The molecule has 0 radical (unpaired) electrons. The van der Waals surface area contributed by atoms with Gasteiger partial charge in [0.25, 0.3) is 5.56 Å². The molecule has 0 spiro atoms. The van der Waals surface area contributed by atoms with Crippen molar-refractivity contribution in [3.05, 3.63) is 44.6 Å². The molecule has 0 fully saturated rings. The lowest BCUT2D eigenvalue weighted by atomic mass is 10.2. The molecule has 0 saturated carbocycles. The Morgan fingerprint density at radius 3 is 2.68 bits per heavy atom. The largest absolute Gasteiger partial charge is 0.493 e. The third-order valence-electron chi connectivity index (χ3n) is 3.66. The van der Waals surface area contributed by atoms with Gasteiger partial charge in [0.15, 0.2) is 11.5 Å². The average Bonchev–Trinajstić information content (AvgIpc) is 3.04. The lowest BCUT2D eigenvalue weighted by Crippen LogP contribution is -2.20. The summed E-state index contributed by atoms with van der Waals surface area (Å²) in [6.45, 7) is 0. The minimum atomic E-state index is -0.686. The molecule has 2 heterocycles. The Bertz CT molecular complexity index is 1200. The summed E-state index contributed by atoms with van der Waals surface area (Å²) < 4.78 is 11.1. The maximum Gasteiger partial charge on any atom is 0.326 e. The van der Waals surface area contributed by atoms with Gasteiger partial charge in [-0.25, -0.2) is 4.79 Å². The average molecular weight is 418 g/mol. The summed E-state index contributed by atoms with van der Waals surface area (Å²) in [4.78, 5) is 40.2. The molecule has 2 aromatic heterocycles. The molecule has 1 amide bonds. The first-order valence-electron chi connectivity index (χ1n) is 7.80. The number of H-pyrrole nitrogens is 2. The Morgan fingerprint density at radius 1 is 1.25 bits per heavy atom. The van der Waals surface area contributed by atoms with E-state index in [2.05, 4.69) is 15.3 Å². The molecule has 9 nitrogen and oxygen atoms in total. The number of nitrogens with zero attached hydrogens (tertiary/aromatic N) is 1. The number of hydrogen-bond donors (Lipinski definition) is 3. The fourth-order valence-corrected chi connectivity index (χ4v) is 4.56. The van der Waals surface area contributed by atoms with Gasteiger partial charge in [0, 0.05) is 11.8 Å². The molecule has 1 aromatic carbocycles. The van der Waals surface area contributed by atoms with Crippen molar-refractivity contribution in [3.8, 4) is 17.6 Å². The molecule has 3 aromatic rings. The summed E-state index contributed by atoms with van der Waals surface area (Å²) >= 11 is 2.16. The molecule has 0 atom stereocenters. The highest BCUT2D eigenvalue weighted by atomic mass is 32.2. The predicted molar refractivity (Wildman–Crippen MR) is 107 cm³/mol. The number of benzene rings is 1. The van der Waals surface area contributed by atoms with Crippen LogP contribution in [0.25, 0.3) is 10.2 Å². The Balaban J connectivity index is 1.77. The van der Waals surface area contributed by atoms with Crippen LogP contribution in [0, 0.1) is 11.3 Å². The Hall–Kier alpha value is -3.23. The Kier molecular flexibility index (Phi) is 5.72. The fraction of sp³-hybridized carbons (Fsp3) is 0.176. The van der Waals surface area contributed by atoms with E-state index in [0.717, 1.165) is 23.1 Å². The van der Waals surface area contributed by atoms with Gasteiger partial charge in [-0.1, -0.05) is 0 Å². The van der Waals surface area contributed by atoms with Gasteiger partial charge in [0.1, 0.15) is 16.3 Å². The molecular formula is C17H14N4O5S2. The van der Waals surface area contributed by atoms with Crippen LogP contribution in [-0.4, -0.2) is 35.8 Å². The summed E-state index contributed by atoms with van der Waals surface area (Å²) in [7, 11) is 3.01. The van der Waals surface area contributed by atoms with Crippen LogP contribution in [0.2, 0.25) is 0 Å². The first kappa shape index (κ1) is 19.5. The number of methoxy groups -OCH3 is 2. The number of anilines is 1. The number of rotatable bonds is 6. The molecule has 0 unspecified atom stereocenters. The molecule has 0 aliphatic heterocycles. The molecule has 0 aliphatic rings. The van der Waals surface area contributed by atoms with Gasteiger partial charge in [-0.05, 0) is 12.1 Å². The van der Waals surface area contributed by atoms with Crippen molar-refractivity contribution in [2.24, 2.45) is 0 Å². The van der Waals surface area contributed by atoms with Crippen LogP contribution in [0.1, 0.15) is 5.56 Å². The highest BCUT2D eigenvalue weighted by Crippen LogP contribution is 2.35.